The van der Waals surface area contributed by atoms with Crippen LogP contribution in [0.25, 0.3) is 0 Å². The quantitative estimate of drug-likeness (QED) is 0.494. The lowest BCUT2D eigenvalue weighted by Crippen LogP contribution is -2.15. The highest BCUT2D eigenvalue weighted by Gasteiger charge is 2.20. The number of hydrogen-bond donors (Lipinski definition) is 1. The third-order valence-corrected chi connectivity index (χ3v) is 3.94. The third-order valence-electron chi connectivity index (χ3n) is 3.03. The average Bonchev–Trinajstić information content (AvgIpc) is 2.52. The standard InChI is InChI=1S/C14H11FN2O6S/c15-12-6-5-10(24(16,21)22)7-11(12)14(18)23-8-9-3-1-2-4-13(9)17(19)20/h1-7H,8H2,(H2,16,21,22). The predicted octanol–water partition coefficient (Wildman–Crippen LogP) is 1.74. The van der Waals surface area contributed by atoms with Crippen LogP contribution in [0.5, 0.6) is 0 Å². The first-order chi connectivity index (χ1) is 11.2. The van der Waals surface area contributed by atoms with Gasteiger partial charge in [-0.15, -0.1) is 0 Å². The van der Waals surface area contributed by atoms with E-state index in [1.165, 1.54) is 24.3 Å². The van der Waals surface area contributed by atoms with E-state index in [1.54, 1.807) is 0 Å². The maximum atomic E-state index is 13.7. The Balaban J connectivity index is 2.24. The number of halogens is 1. The van der Waals surface area contributed by atoms with Crippen LogP contribution in [-0.4, -0.2) is 19.3 Å². The molecule has 2 N–H and O–H groups in total. The van der Waals surface area contributed by atoms with Crippen molar-refractivity contribution in [2.75, 3.05) is 0 Å². The minimum atomic E-state index is -4.12. The zero-order valence-corrected chi connectivity index (χ0v) is 12.8. The fraction of sp³-hybridized carbons (Fsp3) is 0.0714. The molecule has 24 heavy (non-hydrogen) atoms. The number of primary sulfonamides is 1. The van der Waals surface area contributed by atoms with E-state index >= 15 is 0 Å². The van der Waals surface area contributed by atoms with Crippen molar-refractivity contribution in [2.24, 2.45) is 5.14 Å². The molecule has 0 radical (unpaired) electrons. The summed E-state index contributed by atoms with van der Waals surface area (Å²) in [6.07, 6.45) is 0. The minimum Gasteiger partial charge on any atom is -0.457 e. The number of nitrogens with two attached hydrogens (primary N) is 1. The van der Waals surface area contributed by atoms with Crippen molar-refractivity contribution in [3.63, 3.8) is 0 Å². The van der Waals surface area contributed by atoms with Gasteiger partial charge >= 0.3 is 5.97 Å². The Morgan fingerprint density at radius 1 is 1.25 bits per heavy atom. The van der Waals surface area contributed by atoms with Gasteiger partial charge in [-0.05, 0) is 24.3 Å². The van der Waals surface area contributed by atoms with E-state index in [0.29, 0.717) is 0 Å². The lowest BCUT2D eigenvalue weighted by molar-refractivity contribution is -0.385. The lowest BCUT2D eigenvalue weighted by atomic mass is 10.2. The molecule has 0 aliphatic rings. The second-order valence-electron chi connectivity index (χ2n) is 4.65. The molecule has 2 rings (SSSR count). The first-order valence-electron chi connectivity index (χ1n) is 6.42. The molecule has 0 heterocycles. The van der Waals surface area contributed by atoms with E-state index in [0.717, 1.165) is 18.2 Å². The molecule has 0 saturated carbocycles. The number of nitro groups is 1. The molecule has 2 aromatic rings. The maximum Gasteiger partial charge on any atom is 0.341 e. The lowest BCUT2D eigenvalue weighted by Gasteiger charge is -2.07. The van der Waals surface area contributed by atoms with Crippen LogP contribution in [0.4, 0.5) is 10.1 Å². The maximum absolute atomic E-state index is 13.7. The molecule has 0 atom stereocenters. The zero-order chi connectivity index (χ0) is 17.9. The highest BCUT2D eigenvalue weighted by Crippen LogP contribution is 2.20. The molecular weight excluding hydrogens is 343 g/mol. The van der Waals surface area contributed by atoms with Gasteiger partial charge in [-0.2, -0.15) is 0 Å². The van der Waals surface area contributed by atoms with E-state index < -0.39 is 43.8 Å². The van der Waals surface area contributed by atoms with E-state index in [9.17, 15) is 27.7 Å². The second kappa shape index (κ2) is 6.72. The van der Waals surface area contributed by atoms with Gasteiger partial charge in [-0.3, -0.25) is 10.1 Å². The molecule has 0 fully saturated rings. The number of para-hydroxylation sites is 1. The van der Waals surface area contributed by atoms with E-state index in [2.05, 4.69) is 0 Å². The van der Waals surface area contributed by atoms with Crippen molar-refractivity contribution in [3.05, 3.63) is 69.5 Å². The van der Waals surface area contributed by atoms with Gasteiger partial charge in [0.1, 0.15) is 12.4 Å². The van der Waals surface area contributed by atoms with E-state index in [4.69, 9.17) is 9.88 Å². The van der Waals surface area contributed by atoms with Crippen LogP contribution in [0.3, 0.4) is 0 Å². The summed E-state index contributed by atoms with van der Waals surface area (Å²) in [5, 5.41) is 15.8. The molecule has 2 aromatic carbocycles. The van der Waals surface area contributed by atoms with Crippen LogP contribution in [0.15, 0.2) is 47.4 Å². The summed E-state index contributed by atoms with van der Waals surface area (Å²) in [4.78, 5) is 21.7. The normalized spacial score (nSPS) is 11.1. The van der Waals surface area contributed by atoms with Crippen LogP contribution in [-0.2, 0) is 21.4 Å². The van der Waals surface area contributed by atoms with Crippen molar-refractivity contribution < 1.29 is 27.3 Å². The highest BCUT2D eigenvalue weighted by atomic mass is 32.2. The summed E-state index contributed by atoms with van der Waals surface area (Å²) in [6, 6.07) is 7.97. The van der Waals surface area contributed by atoms with Gasteiger partial charge < -0.3 is 4.74 Å². The van der Waals surface area contributed by atoms with Crippen LogP contribution in [0, 0.1) is 15.9 Å². The molecule has 0 bridgehead atoms. The van der Waals surface area contributed by atoms with Gasteiger partial charge in [-0.25, -0.2) is 22.7 Å². The summed E-state index contributed by atoms with van der Waals surface area (Å²) < 4.78 is 41.0. The van der Waals surface area contributed by atoms with Gasteiger partial charge in [0, 0.05) is 6.07 Å². The highest BCUT2D eigenvalue weighted by molar-refractivity contribution is 7.89. The van der Waals surface area contributed by atoms with Gasteiger partial charge in [0.05, 0.1) is 20.9 Å². The molecular formula is C14H11FN2O6S. The summed E-state index contributed by atoms with van der Waals surface area (Å²) in [6.45, 7) is -0.477. The Morgan fingerprint density at radius 2 is 1.92 bits per heavy atom. The topological polar surface area (TPSA) is 130 Å². The fourth-order valence-corrected chi connectivity index (χ4v) is 2.41. The smallest absolute Gasteiger partial charge is 0.341 e. The molecule has 0 aromatic heterocycles. The van der Waals surface area contributed by atoms with Gasteiger partial charge in [-0.1, -0.05) is 12.1 Å². The van der Waals surface area contributed by atoms with Crippen LogP contribution < -0.4 is 5.14 Å². The Kier molecular flexibility index (Phi) is 4.90. The Bertz CT molecular complexity index is 913. The molecule has 8 nitrogen and oxygen atoms in total. The number of sulfonamides is 1. The number of nitro benzene ring substituents is 1. The molecule has 10 heteroatoms. The second-order valence-corrected chi connectivity index (χ2v) is 6.21. The van der Waals surface area contributed by atoms with Crippen LogP contribution in [0.2, 0.25) is 0 Å². The Labute approximate surface area is 135 Å². The molecule has 0 aliphatic heterocycles. The fourth-order valence-electron chi connectivity index (χ4n) is 1.87. The largest absolute Gasteiger partial charge is 0.457 e. The van der Waals surface area contributed by atoms with Crippen molar-refractivity contribution in [3.8, 4) is 0 Å². The van der Waals surface area contributed by atoms with Gasteiger partial charge in [0.2, 0.25) is 10.0 Å². The van der Waals surface area contributed by atoms with Crippen LogP contribution >= 0.6 is 0 Å². The number of hydrogen-bond acceptors (Lipinski definition) is 6. The Hall–Kier alpha value is -2.85. The van der Waals surface area contributed by atoms with E-state index in [1.807, 2.05) is 0 Å². The number of carbonyl (C=O) groups is 1. The Morgan fingerprint density at radius 3 is 2.54 bits per heavy atom. The minimum absolute atomic E-state index is 0.110. The molecule has 0 spiro atoms. The SMILES string of the molecule is NS(=O)(=O)c1ccc(F)c(C(=O)OCc2ccccc2[N+](=O)[O-])c1. The molecule has 0 unspecified atom stereocenters. The monoisotopic (exact) mass is 354 g/mol. The predicted molar refractivity (Wildman–Crippen MR) is 80.0 cm³/mol. The summed E-state index contributed by atoms with van der Waals surface area (Å²) >= 11 is 0. The zero-order valence-electron chi connectivity index (χ0n) is 12.0. The number of benzene rings is 2. The number of nitrogens with zero attached hydrogens (tertiary/aromatic N) is 1. The van der Waals surface area contributed by atoms with Gasteiger partial charge in [0.25, 0.3) is 5.69 Å². The van der Waals surface area contributed by atoms with Crippen molar-refractivity contribution in [1.29, 1.82) is 0 Å². The number of carbonyl (C=O) groups excluding carboxylic acids is 1. The van der Waals surface area contributed by atoms with Crippen molar-refractivity contribution >= 4 is 21.7 Å². The van der Waals surface area contributed by atoms with Crippen molar-refractivity contribution in [2.45, 2.75) is 11.5 Å². The first kappa shape index (κ1) is 17.5. The number of esters is 1. The molecule has 0 aliphatic carbocycles. The molecule has 0 amide bonds. The number of ether oxygens (including phenoxy) is 1. The van der Waals surface area contributed by atoms with Crippen molar-refractivity contribution in [1.82, 2.24) is 0 Å². The van der Waals surface area contributed by atoms with E-state index in [-0.39, 0.29) is 11.3 Å². The molecule has 126 valence electrons. The first-order valence-corrected chi connectivity index (χ1v) is 7.96. The van der Waals surface area contributed by atoms with Gasteiger partial charge in [0.15, 0.2) is 0 Å². The molecule has 0 saturated heterocycles. The third kappa shape index (κ3) is 3.91. The summed E-state index contributed by atoms with van der Waals surface area (Å²) in [5.74, 6) is -2.17. The average molecular weight is 354 g/mol. The van der Waals surface area contributed by atoms with Crippen LogP contribution in [0.1, 0.15) is 15.9 Å². The summed E-state index contributed by atoms with van der Waals surface area (Å²) in [7, 11) is -4.12. The summed E-state index contributed by atoms with van der Waals surface area (Å²) in [5.41, 5.74) is -0.789. The number of rotatable bonds is 5.